The fourth-order valence-electron chi connectivity index (χ4n) is 1.36. The molecule has 1 aromatic heterocycles. The first-order valence-electron chi connectivity index (χ1n) is 4.54. The molecule has 0 fully saturated rings. The van der Waals surface area contributed by atoms with Crippen LogP contribution in [0.25, 0.3) is 5.69 Å². The summed E-state index contributed by atoms with van der Waals surface area (Å²) in [5.74, 6) is 0. The lowest BCUT2D eigenvalue weighted by Gasteiger charge is -2.04. The van der Waals surface area contributed by atoms with E-state index in [-0.39, 0.29) is 0 Å². The average Bonchev–Trinajstić information content (AvgIpc) is 2.66. The zero-order valence-corrected chi connectivity index (χ0v) is 9.28. The van der Waals surface area contributed by atoms with Crippen molar-refractivity contribution >= 4 is 10.2 Å². The van der Waals surface area contributed by atoms with E-state index in [1.165, 1.54) is 6.20 Å². The van der Waals surface area contributed by atoms with Crippen LogP contribution >= 0.6 is 0 Å². The minimum Gasteiger partial charge on any atom is -0.220 e. The third-order valence-corrected chi connectivity index (χ3v) is 2.94. The zero-order valence-electron chi connectivity index (χ0n) is 8.46. The van der Waals surface area contributed by atoms with Gasteiger partial charge >= 0.3 is 10.2 Å². The number of aromatic nitrogens is 2. The van der Waals surface area contributed by atoms with Gasteiger partial charge in [-0.3, -0.25) is 0 Å². The van der Waals surface area contributed by atoms with E-state index in [2.05, 4.69) is 5.10 Å². The van der Waals surface area contributed by atoms with Gasteiger partial charge < -0.3 is 0 Å². The molecule has 1 aromatic carbocycles. The van der Waals surface area contributed by atoms with E-state index in [1.54, 1.807) is 24.3 Å². The Balaban J connectivity index is 2.58. The Morgan fingerprint density at radius 1 is 1.19 bits per heavy atom. The molecule has 84 valence electrons. The van der Waals surface area contributed by atoms with Gasteiger partial charge in [0.05, 0.1) is 11.9 Å². The lowest BCUT2D eigenvalue weighted by Crippen LogP contribution is -2.04. The van der Waals surface area contributed by atoms with Crippen LogP contribution in [-0.2, 0) is 10.2 Å². The molecule has 6 heteroatoms. The molecule has 1 heterocycles. The van der Waals surface area contributed by atoms with Gasteiger partial charge in [0, 0.05) is 0 Å². The molecule has 0 spiro atoms. The molecule has 0 aliphatic heterocycles. The molecule has 0 radical (unpaired) electrons. The van der Waals surface area contributed by atoms with Crippen LogP contribution in [0.15, 0.2) is 41.6 Å². The second-order valence-corrected chi connectivity index (χ2v) is 4.65. The third kappa shape index (κ3) is 1.96. The van der Waals surface area contributed by atoms with Gasteiger partial charge in [0.15, 0.2) is 5.03 Å². The maximum absolute atomic E-state index is 12.9. The normalized spacial score (nSPS) is 11.6. The van der Waals surface area contributed by atoms with Crippen LogP contribution in [0.2, 0.25) is 0 Å². The number of halogens is 1. The molecule has 4 nitrogen and oxygen atoms in total. The highest BCUT2D eigenvalue weighted by atomic mass is 32.3. The van der Waals surface area contributed by atoms with E-state index in [1.807, 2.05) is 6.92 Å². The molecule has 0 saturated heterocycles. The molecule has 0 N–H and O–H groups in total. The summed E-state index contributed by atoms with van der Waals surface area (Å²) in [6.45, 7) is 1.90. The van der Waals surface area contributed by atoms with Crippen LogP contribution in [0.4, 0.5) is 3.89 Å². The van der Waals surface area contributed by atoms with Gasteiger partial charge in [0.2, 0.25) is 0 Å². The van der Waals surface area contributed by atoms with Gasteiger partial charge in [0.1, 0.15) is 0 Å². The summed E-state index contributed by atoms with van der Waals surface area (Å²) in [6.07, 6.45) is 1.24. The maximum Gasteiger partial charge on any atom is 0.349 e. The largest absolute Gasteiger partial charge is 0.349 e. The first kappa shape index (κ1) is 10.8. The van der Waals surface area contributed by atoms with E-state index in [9.17, 15) is 12.3 Å². The van der Waals surface area contributed by atoms with Crippen LogP contribution in [0.5, 0.6) is 0 Å². The van der Waals surface area contributed by atoms with Crippen LogP contribution < -0.4 is 0 Å². The minimum absolute atomic E-state index is 0.462. The molecule has 0 bridgehead atoms. The molecule has 0 amide bonds. The van der Waals surface area contributed by atoms with Crippen LogP contribution in [0.1, 0.15) is 5.56 Å². The summed E-state index contributed by atoms with van der Waals surface area (Å²) in [7, 11) is -4.75. The first-order chi connectivity index (χ1) is 7.48. The van der Waals surface area contributed by atoms with Gasteiger partial charge in [-0.05, 0) is 25.1 Å². The monoisotopic (exact) mass is 240 g/mol. The molecular weight excluding hydrogens is 231 g/mol. The van der Waals surface area contributed by atoms with Crippen LogP contribution in [0.3, 0.4) is 0 Å². The highest BCUT2D eigenvalue weighted by molar-refractivity contribution is 7.86. The SMILES string of the molecule is Cc1ccc(-n2nccc2S(=O)(=O)F)cc1. The summed E-state index contributed by atoms with van der Waals surface area (Å²) in [5.41, 5.74) is 1.53. The third-order valence-electron chi connectivity index (χ3n) is 2.14. The van der Waals surface area contributed by atoms with Crippen molar-refractivity contribution in [3.63, 3.8) is 0 Å². The Hall–Kier alpha value is -1.69. The topological polar surface area (TPSA) is 52.0 Å². The Bertz CT molecular complexity index is 602. The van der Waals surface area contributed by atoms with Crippen LogP contribution in [-0.4, -0.2) is 18.2 Å². The summed E-state index contributed by atoms with van der Waals surface area (Å²) >= 11 is 0. The Labute approximate surface area is 92.5 Å². The number of hydrogen-bond donors (Lipinski definition) is 0. The standard InChI is InChI=1S/C10H9FN2O2S/c1-8-2-4-9(5-3-8)13-10(6-7-12-13)16(11,14)15/h2-7H,1H3. The molecule has 0 saturated carbocycles. The molecule has 0 aliphatic carbocycles. The number of rotatable bonds is 2. The summed E-state index contributed by atoms with van der Waals surface area (Å²) in [6, 6.07) is 8.07. The fourth-order valence-corrected chi connectivity index (χ4v) is 1.94. The number of aryl methyl sites for hydroxylation is 1. The van der Waals surface area contributed by atoms with Crippen molar-refractivity contribution in [2.75, 3.05) is 0 Å². The fraction of sp³-hybridized carbons (Fsp3) is 0.100. The maximum atomic E-state index is 12.9. The second-order valence-electron chi connectivity index (χ2n) is 3.35. The highest BCUT2D eigenvalue weighted by Gasteiger charge is 2.18. The number of benzene rings is 1. The molecule has 0 aliphatic rings. The predicted molar refractivity (Wildman–Crippen MR) is 56.6 cm³/mol. The molecule has 2 rings (SSSR count). The molecule has 0 atom stereocenters. The van der Waals surface area contributed by atoms with Gasteiger partial charge in [-0.1, -0.05) is 21.6 Å². The van der Waals surface area contributed by atoms with Crippen molar-refractivity contribution in [3.8, 4) is 5.69 Å². The molecule has 16 heavy (non-hydrogen) atoms. The van der Waals surface area contributed by atoms with Crippen molar-refractivity contribution in [2.45, 2.75) is 11.9 Å². The molecule has 2 aromatic rings. The molecular formula is C10H9FN2O2S. The lowest BCUT2D eigenvalue weighted by atomic mass is 10.2. The van der Waals surface area contributed by atoms with Crippen LogP contribution in [0, 0.1) is 6.92 Å². The minimum atomic E-state index is -4.75. The van der Waals surface area contributed by atoms with Crippen molar-refractivity contribution in [2.24, 2.45) is 0 Å². The lowest BCUT2D eigenvalue weighted by molar-refractivity contribution is 0.541. The average molecular weight is 240 g/mol. The second kappa shape index (κ2) is 3.71. The van der Waals surface area contributed by atoms with E-state index in [0.717, 1.165) is 16.3 Å². The van der Waals surface area contributed by atoms with Crippen molar-refractivity contribution in [1.82, 2.24) is 9.78 Å². The zero-order chi connectivity index (χ0) is 11.8. The Kier molecular flexibility index (Phi) is 2.51. The number of hydrogen-bond acceptors (Lipinski definition) is 3. The Morgan fingerprint density at radius 2 is 1.81 bits per heavy atom. The van der Waals surface area contributed by atoms with Crippen molar-refractivity contribution < 1.29 is 12.3 Å². The van der Waals surface area contributed by atoms with E-state index >= 15 is 0 Å². The summed E-state index contributed by atoms with van der Waals surface area (Å²) < 4.78 is 35.6. The van der Waals surface area contributed by atoms with Gasteiger partial charge in [-0.2, -0.15) is 13.5 Å². The van der Waals surface area contributed by atoms with Gasteiger partial charge in [0.25, 0.3) is 0 Å². The van der Waals surface area contributed by atoms with Crippen molar-refractivity contribution in [1.29, 1.82) is 0 Å². The summed E-state index contributed by atoms with van der Waals surface area (Å²) in [5, 5.41) is 3.32. The van der Waals surface area contributed by atoms with E-state index < -0.39 is 15.2 Å². The number of nitrogens with zero attached hydrogens (tertiary/aromatic N) is 2. The van der Waals surface area contributed by atoms with Gasteiger partial charge in [-0.25, -0.2) is 4.68 Å². The Morgan fingerprint density at radius 3 is 2.38 bits per heavy atom. The quantitative estimate of drug-likeness (QED) is 0.752. The van der Waals surface area contributed by atoms with Crippen molar-refractivity contribution in [3.05, 3.63) is 42.1 Å². The van der Waals surface area contributed by atoms with E-state index in [0.29, 0.717) is 5.69 Å². The van der Waals surface area contributed by atoms with E-state index in [4.69, 9.17) is 0 Å². The molecule has 0 unspecified atom stereocenters. The highest BCUT2D eigenvalue weighted by Crippen LogP contribution is 2.17. The predicted octanol–water partition coefficient (Wildman–Crippen LogP) is 1.84. The smallest absolute Gasteiger partial charge is 0.220 e. The summed E-state index contributed by atoms with van der Waals surface area (Å²) in [4.78, 5) is 0. The van der Waals surface area contributed by atoms with Gasteiger partial charge in [-0.15, -0.1) is 0 Å². The first-order valence-corrected chi connectivity index (χ1v) is 5.92.